The van der Waals surface area contributed by atoms with Gasteiger partial charge in [0.2, 0.25) is 0 Å². The Bertz CT molecular complexity index is 631. The average molecular weight is 219 g/mol. The molecule has 0 spiro atoms. The second-order valence-electron chi connectivity index (χ2n) is 3.28. The Morgan fingerprint density at radius 2 is 2.13 bits per heavy atom. The van der Waals surface area contributed by atoms with Gasteiger partial charge in [0.25, 0.3) is 0 Å². The van der Waals surface area contributed by atoms with Crippen LogP contribution in [0.1, 0.15) is 5.56 Å². The molecule has 4 nitrogen and oxygen atoms in total. The fraction of sp³-hybridized carbons (Fsp3) is 0.100. The number of para-hydroxylation sites is 1. The monoisotopic (exact) mass is 218 g/mol. The topological polar surface area (TPSA) is 43.1 Å². The molecule has 2 heterocycles. The summed E-state index contributed by atoms with van der Waals surface area (Å²) >= 11 is 5.85. The molecule has 0 bridgehead atoms. The van der Waals surface area contributed by atoms with Crippen molar-refractivity contribution in [2.24, 2.45) is 0 Å². The summed E-state index contributed by atoms with van der Waals surface area (Å²) < 4.78 is 1.72. The van der Waals surface area contributed by atoms with E-state index in [2.05, 4.69) is 15.5 Å². The molecule has 5 heteroatoms. The number of rotatable bonds is 1. The summed E-state index contributed by atoms with van der Waals surface area (Å²) in [5.41, 5.74) is 2.66. The molecule has 3 aromatic rings. The van der Waals surface area contributed by atoms with E-state index in [0.29, 0.717) is 5.88 Å². The molecule has 0 aliphatic carbocycles. The summed E-state index contributed by atoms with van der Waals surface area (Å²) in [5, 5.41) is 12.7. The van der Waals surface area contributed by atoms with Gasteiger partial charge in [-0.2, -0.15) is 4.52 Å². The Morgan fingerprint density at radius 3 is 3.00 bits per heavy atom. The second kappa shape index (κ2) is 3.17. The van der Waals surface area contributed by atoms with Gasteiger partial charge in [-0.25, -0.2) is 0 Å². The fourth-order valence-electron chi connectivity index (χ4n) is 1.70. The average Bonchev–Trinajstić information content (AvgIpc) is 2.77. The fourth-order valence-corrected chi connectivity index (χ4v) is 1.90. The van der Waals surface area contributed by atoms with Gasteiger partial charge in [0, 0.05) is 10.9 Å². The van der Waals surface area contributed by atoms with Crippen molar-refractivity contribution in [2.45, 2.75) is 5.88 Å². The lowest BCUT2D eigenvalue weighted by molar-refractivity contribution is 0.841. The molecule has 74 valence electrons. The van der Waals surface area contributed by atoms with Crippen LogP contribution in [0, 0.1) is 0 Å². The van der Waals surface area contributed by atoms with Gasteiger partial charge in [-0.15, -0.1) is 16.7 Å². The predicted molar refractivity (Wildman–Crippen MR) is 57.8 cm³/mol. The largest absolute Gasteiger partial charge is 0.192 e. The first-order chi connectivity index (χ1) is 7.40. The molecule has 0 saturated carbocycles. The number of hydrogen-bond acceptors (Lipinski definition) is 3. The van der Waals surface area contributed by atoms with Crippen LogP contribution in [0.15, 0.2) is 30.3 Å². The van der Waals surface area contributed by atoms with Crippen molar-refractivity contribution in [2.75, 3.05) is 0 Å². The standard InChI is InChI=1S/C10H7ClN4/c11-6-8-5-7-3-1-2-4-9(7)15-10(8)12-13-14-15/h1-5H,6H2. The molecular formula is C10H7ClN4. The van der Waals surface area contributed by atoms with Gasteiger partial charge < -0.3 is 0 Å². The minimum Gasteiger partial charge on any atom is -0.192 e. The van der Waals surface area contributed by atoms with Crippen molar-refractivity contribution in [3.63, 3.8) is 0 Å². The maximum absolute atomic E-state index is 5.85. The zero-order valence-corrected chi connectivity index (χ0v) is 8.52. The van der Waals surface area contributed by atoms with E-state index in [4.69, 9.17) is 11.6 Å². The molecule has 0 unspecified atom stereocenters. The number of pyridine rings is 1. The molecule has 0 atom stereocenters. The van der Waals surface area contributed by atoms with Gasteiger partial charge in [-0.05, 0) is 22.6 Å². The summed E-state index contributed by atoms with van der Waals surface area (Å²) in [6, 6.07) is 9.97. The third-order valence-electron chi connectivity index (χ3n) is 2.40. The molecule has 0 N–H and O–H groups in total. The van der Waals surface area contributed by atoms with Gasteiger partial charge in [0.05, 0.1) is 11.4 Å². The maximum atomic E-state index is 5.85. The molecule has 0 saturated heterocycles. The molecular weight excluding hydrogens is 212 g/mol. The van der Waals surface area contributed by atoms with Crippen molar-refractivity contribution >= 4 is 28.2 Å². The lowest BCUT2D eigenvalue weighted by Crippen LogP contribution is -1.94. The molecule has 0 aliphatic heterocycles. The number of benzene rings is 1. The van der Waals surface area contributed by atoms with Crippen molar-refractivity contribution in [1.82, 2.24) is 20.0 Å². The highest BCUT2D eigenvalue weighted by molar-refractivity contribution is 6.17. The number of alkyl halides is 1. The number of fused-ring (bicyclic) bond motifs is 3. The van der Waals surface area contributed by atoms with Crippen LogP contribution in [-0.2, 0) is 5.88 Å². The first kappa shape index (κ1) is 8.61. The van der Waals surface area contributed by atoms with E-state index in [9.17, 15) is 0 Å². The van der Waals surface area contributed by atoms with Gasteiger partial charge in [-0.3, -0.25) is 0 Å². The highest BCUT2D eigenvalue weighted by Crippen LogP contribution is 2.19. The first-order valence-corrected chi connectivity index (χ1v) is 5.08. The Hall–Kier alpha value is -1.68. The summed E-state index contributed by atoms with van der Waals surface area (Å²) in [7, 11) is 0. The highest BCUT2D eigenvalue weighted by atomic mass is 35.5. The Kier molecular flexibility index (Phi) is 1.82. The summed E-state index contributed by atoms with van der Waals surface area (Å²) in [6.07, 6.45) is 0. The van der Waals surface area contributed by atoms with Crippen LogP contribution >= 0.6 is 11.6 Å². The molecule has 15 heavy (non-hydrogen) atoms. The lowest BCUT2D eigenvalue weighted by atomic mass is 10.1. The molecule has 0 radical (unpaired) electrons. The van der Waals surface area contributed by atoms with Crippen LogP contribution in [0.2, 0.25) is 0 Å². The first-order valence-electron chi connectivity index (χ1n) is 4.55. The van der Waals surface area contributed by atoms with E-state index in [0.717, 1.165) is 22.1 Å². The lowest BCUT2D eigenvalue weighted by Gasteiger charge is -2.02. The Balaban J connectivity index is 2.57. The minimum absolute atomic E-state index is 0.411. The molecule has 0 fully saturated rings. The van der Waals surface area contributed by atoms with Crippen LogP contribution in [0.4, 0.5) is 0 Å². The number of nitrogens with zero attached hydrogens (tertiary/aromatic N) is 4. The second-order valence-corrected chi connectivity index (χ2v) is 3.54. The summed E-state index contributed by atoms with van der Waals surface area (Å²) in [4.78, 5) is 0. The van der Waals surface area contributed by atoms with Gasteiger partial charge in [0.1, 0.15) is 0 Å². The number of tetrazole rings is 1. The van der Waals surface area contributed by atoms with Crippen molar-refractivity contribution in [3.8, 4) is 0 Å². The molecule has 1 aromatic carbocycles. The summed E-state index contributed by atoms with van der Waals surface area (Å²) in [5.74, 6) is 0.411. The number of aromatic nitrogens is 4. The van der Waals surface area contributed by atoms with Gasteiger partial charge in [0.15, 0.2) is 5.65 Å². The van der Waals surface area contributed by atoms with Crippen molar-refractivity contribution < 1.29 is 0 Å². The van der Waals surface area contributed by atoms with E-state index in [1.165, 1.54) is 0 Å². The molecule has 2 aromatic heterocycles. The predicted octanol–water partition coefficient (Wildman–Crippen LogP) is 2.02. The molecule has 0 aliphatic rings. The molecule has 3 rings (SSSR count). The zero-order valence-electron chi connectivity index (χ0n) is 7.76. The van der Waals surface area contributed by atoms with E-state index in [-0.39, 0.29) is 0 Å². The van der Waals surface area contributed by atoms with E-state index >= 15 is 0 Å². The normalized spacial score (nSPS) is 11.3. The van der Waals surface area contributed by atoms with Crippen molar-refractivity contribution in [3.05, 3.63) is 35.9 Å². The highest BCUT2D eigenvalue weighted by Gasteiger charge is 2.07. The SMILES string of the molecule is ClCc1cc2ccccc2n2nnnc12. The van der Waals surface area contributed by atoms with Crippen molar-refractivity contribution in [1.29, 1.82) is 0 Å². The molecule has 0 amide bonds. The Morgan fingerprint density at radius 1 is 1.27 bits per heavy atom. The van der Waals surface area contributed by atoms with E-state index in [1.807, 2.05) is 30.3 Å². The number of halogens is 1. The van der Waals surface area contributed by atoms with Crippen LogP contribution in [-0.4, -0.2) is 20.0 Å². The van der Waals surface area contributed by atoms with Gasteiger partial charge in [-0.1, -0.05) is 18.2 Å². The zero-order chi connectivity index (χ0) is 10.3. The van der Waals surface area contributed by atoms with Crippen LogP contribution in [0.5, 0.6) is 0 Å². The maximum Gasteiger partial charge on any atom is 0.184 e. The third kappa shape index (κ3) is 1.18. The van der Waals surface area contributed by atoms with E-state index < -0.39 is 0 Å². The van der Waals surface area contributed by atoms with Crippen LogP contribution in [0.3, 0.4) is 0 Å². The van der Waals surface area contributed by atoms with Crippen LogP contribution < -0.4 is 0 Å². The van der Waals surface area contributed by atoms with Gasteiger partial charge >= 0.3 is 0 Å². The minimum atomic E-state index is 0.411. The summed E-state index contributed by atoms with van der Waals surface area (Å²) in [6.45, 7) is 0. The third-order valence-corrected chi connectivity index (χ3v) is 2.68. The quantitative estimate of drug-likeness (QED) is 0.587. The number of hydrogen-bond donors (Lipinski definition) is 0. The Labute approximate surface area is 90.5 Å². The smallest absolute Gasteiger partial charge is 0.184 e. The van der Waals surface area contributed by atoms with Crippen LogP contribution in [0.25, 0.3) is 16.6 Å². The van der Waals surface area contributed by atoms with E-state index in [1.54, 1.807) is 4.52 Å².